The Bertz CT molecular complexity index is 559. The van der Waals surface area contributed by atoms with E-state index in [2.05, 4.69) is 38.0 Å². The van der Waals surface area contributed by atoms with E-state index in [-0.39, 0.29) is 17.7 Å². The smallest absolute Gasteiger partial charge is 0.270 e. The average Bonchev–Trinajstić information content (AvgIpc) is 3.14. The molecule has 27 heavy (non-hydrogen) atoms. The van der Waals surface area contributed by atoms with E-state index in [4.69, 9.17) is 0 Å². The quantitative estimate of drug-likeness (QED) is 0.450. The Hall–Kier alpha value is -1.43. The first kappa shape index (κ1) is 23.6. The van der Waals surface area contributed by atoms with Crippen molar-refractivity contribution in [3.63, 3.8) is 0 Å². The predicted octanol–water partition coefficient (Wildman–Crippen LogP) is 5.02. The van der Waals surface area contributed by atoms with Gasteiger partial charge in [-0.15, -0.1) is 11.3 Å². The zero-order chi connectivity index (χ0) is 20.1. The fourth-order valence-corrected chi connectivity index (χ4v) is 3.74. The lowest BCUT2D eigenvalue weighted by molar-refractivity contribution is -0.136. The molecule has 0 aromatic carbocycles. The lowest BCUT2D eigenvalue weighted by Gasteiger charge is -2.26. The van der Waals surface area contributed by atoms with Crippen LogP contribution in [0.2, 0.25) is 0 Å². The summed E-state index contributed by atoms with van der Waals surface area (Å²) >= 11 is 1.47. The molecular formula is C21H37N3O2S. The molecule has 0 unspecified atom stereocenters. The largest absolute Gasteiger partial charge is 0.351 e. The maximum atomic E-state index is 13.0. The van der Waals surface area contributed by atoms with Gasteiger partial charge in [0.25, 0.3) is 5.91 Å². The van der Waals surface area contributed by atoms with Crippen LogP contribution in [0.3, 0.4) is 0 Å². The van der Waals surface area contributed by atoms with Crippen molar-refractivity contribution in [2.24, 2.45) is 5.92 Å². The van der Waals surface area contributed by atoms with Crippen molar-refractivity contribution >= 4 is 23.2 Å². The summed E-state index contributed by atoms with van der Waals surface area (Å²) in [5, 5.41) is 5.54. The van der Waals surface area contributed by atoms with Crippen LogP contribution in [0.25, 0.3) is 0 Å². The molecular weight excluding hydrogens is 358 g/mol. The topological polar surface area (TPSA) is 62.3 Å². The van der Waals surface area contributed by atoms with E-state index in [9.17, 15) is 9.59 Å². The lowest BCUT2D eigenvalue weighted by atomic mass is 9.97. The molecule has 1 atom stereocenters. The summed E-state index contributed by atoms with van der Waals surface area (Å²) in [5.74, 6) is 0.217. The van der Waals surface area contributed by atoms with Gasteiger partial charge >= 0.3 is 0 Å². The van der Waals surface area contributed by atoms with Crippen molar-refractivity contribution in [2.45, 2.75) is 85.6 Å². The molecule has 0 saturated heterocycles. The minimum absolute atomic E-state index is 0.0959. The normalized spacial score (nSPS) is 12.0. The van der Waals surface area contributed by atoms with E-state index in [1.165, 1.54) is 11.3 Å². The van der Waals surface area contributed by atoms with Gasteiger partial charge in [0.05, 0.1) is 6.54 Å². The number of amides is 2. The molecule has 0 fully saturated rings. The second kappa shape index (κ2) is 13.7. The first-order valence-electron chi connectivity index (χ1n) is 10.6. The number of nitrogens with zero attached hydrogens (tertiary/aromatic N) is 2. The number of thiazole rings is 1. The van der Waals surface area contributed by atoms with Crippen molar-refractivity contribution in [3.8, 4) is 0 Å². The monoisotopic (exact) mass is 395 g/mol. The first-order valence-corrected chi connectivity index (χ1v) is 11.5. The standard InChI is InChI=1S/C21H37N3O2S/c1-5-9-12-17(8-4)21(26)24(14-11-7-3)15-19-23-18(16-27-19)20(25)22-13-10-6-2/h16-17H,5-15H2,1-4H3,(H,22,25)/t17-/m0/s1. The third kappa shape index (κ3) is 8.41. The molecule has 1 aromatic rings. The number of carbonyl (C=O) groups is 2. The van der Waals surface area contributed by atoms with Crippen LogP contribution in [0.5, 0.6) is 0 Å². The number of hydrogen-bond acceptors (Lipinski definition) is 4. The summed E-state index contributed by atoms with van der Waals surface area (Å²) in [6.07, 6.45) is 8.10. The van der Waals surface area contributed by atoms with Crippen LogP contribution in [0.1, 0.15) is 94.6 Å². The maximum Gasteiger partial charge on any atom is 0.270 e. The molecule has 2 amide bonds. The molecule has 0 aliphatic heterocycles. The zero-order valence-corrected chi connectivity index (χ0v) is 18.4. The van der Waals surface area contributed by atoms with Crippen LogP contribution in [0.4, 0.5) is 0 Å². The zero-order valence-electron chi connectivity index (χ0n) is 17.6. The second-order valence-electron chi connectivity index (χ2n) is 7.10. The number of unbranched alkanes of at least 4 members (excludes halogenated alkanes) is 3. The van der Waals surface area contributed by atoms with E-state index >= 15 is 0 Å². The van der Waals surface area contributed by atoms with Gasteiger partial charge < -0.3 is 10.2 Å². The molecule has 0 aliphatic carbocycles. The van der Waals surface area contributed by atoms with Crippen LogP contribution >= 0.6 is 11.3 Å². The Kier molecular flexibility index (Phi) is 12.0. The third-order valence-corrected chi connectivity index (χ3v) is 5.60. The summed E-state index contributed by atoms with van der Waals surface area (Å²) in [4.78, 5) is 31.6. The highest BCUT2D eigenvalue weighted by atomic mass is 32.1. The van der Waals surface area contributed by atoms with Gasteiger partial charge in [0.2, 0.25) is 5.91 Å². The van der Waals surface area contributed by atoms with Gasteiger partial charge in [-0.25, -0.2) is 4.98 Å². The molecule has 0 bridgehead atoms. The number of aromatic nitrogens is 1. The Labute approximate surface area is 168 Å². The Morgan fingerprint density at radius 3 is 2.44 bits per heavy atom. The summed E-state index contributed by atoms with van der Waals surface area (Å²) in [6, 6.07) is 0. The van der Waals surface area contributed by atoms with Gasteiger partial charge in [-0.1, -0.05) is 53.4 Å². The maximum absolute atomic E-state index is 13.0. The van der Waals surface area contributed by atoms with Crippen molar-refractivity contribution in [3.05, 3.63) is 16.1 Å². The Balaban J connectivity index is 2.75. The van der Waals surface area contributed by atoms with Gasteiger partial charge in [-0.2, -0.15) is 0 Å². The molecule has 0 aliphatic rings. The van der Waals surface area contributed by atoms with Crippen molar-refractivity contribution < 1.29 is 9.59 Å². The van der Waals surface area contributed by atoms with Crippen molar-refractivity contribution in [1.29, 1.82) is 0 Å². The molecule has 6 heteroatoms. The summed E-state index contributed by atoms with van der Waals surface area (Å²) in [7, 11) is 0. The van der Waals surface area contributed by atoms with Gasteiger partial charge in [-0.05, 0) is 25.7 Å². The highest BCUT2D eigenvalue weighted by Crippen LogP contribution is 2.20. The van der Waals surface area contributed by atoms with Crippen LogP contribution in [-0.4, -0.2) is 34.8 Å². The molecule has 1 rings (SSSR count). The predicted molar refractivity (Wildman–Crippen MR) is 113 cm³/mol. The van der Waals surface area contributed by atoms with Gasteiger partial charge in [-0.3, -0.25) is 9.59 Å². The minimum atomic E-state index is -0.119. The average molecular weight is 396 g/mol. The Morgan fingerprint density at radius 1 is 1.11 bits per heavy atom. The van der Waals surface area contributed by atoms with E-state index < -0.39 is 0 Å². The number of rotatable bonds is 14. The van der Waals surface area contributed by atoms with Crippen LogP contribution in [0.15, 0.2) is 5.38 Å². The summed E-state index contributed by atoms with van der Waals surface area (Å²) < 4.78 is 0. The second-order valence-corrected chi connectivity index (χ2v) is 8.04. The van der Waals surface area contributed by atoms with E-state index in [1.807, 2.05) is 4.90 Å². The van der Waals surface area contributed by atoms with E-state index in [0.29, 0.717) is 18.8 Å². The van der Waals surface area contributed by atoms with E-state index in [1.54, 1.807) is 5.38 Å². The molecule has 154 valence electrons. The molecule has 0 spiro atoms. The van der Waals surface area contributed by atoms with Crippen molar-refractivity contribution in [2.75, 3.05) is 13.1 Å². The van der Waals surface area contributed by atoms with Gasteiger partial charge in [0.15, 0.2) is 0 Å². The Morgan fingerprint density at radius 2 is 1.81 bits per heavy atom. The molecule has 1 N–H and O–H groups in total. The molecule has 0 saturated carbocycles. The minimum Gasteiger partial charge on any atom is -0.351 e. The highest BCUT2D eigenvalue weighted by molar-refractivity contribution is 7.09. The summed E-state index contributed by atoms with van der Waals surface area (Å²) in [6.45, 7) is 10.4. The SMILES string of the molecule is CCCCNC(=O)c1csc(CN(CCCC)C(=O)[C@@H](CC)CCCC)n1. The van der Waals surface area contributed by atoms with Crippen molar-refractivity contribution in [1.82, 2.24) is 15.2 Å². The lowest BCUT2D eigenvalue weighted by Crippen LogP contribution is -2.36. The summed E-state index contributed by atoms with van der Waals surface area (Å²) in [5.41, 5.74) is 0.465. The third-order valence-electron chi connectivity index (χ3n) is 4.77. The molecule has 0 radical (unpaired) electrons. The highest BCUT2D eigenvalue weighted by Gasteiger charge is 2.23. The molecule has 5 nitrogen and oxygen atoms in total. The van der Waals surface area contributed by atoms with Crippen LogP contribution < -0.4 is 5.32 Å². The molecule has 1 aromatic heterocycles. The number of hydrogen-bond donors (Lipinski definition) is 1. The fraction of sp³-hybridized carbons (Fsp3) is 0.762. The number of carbonyl (C=O) groups excluding carboxylic acids is 2. The van der Waals surface area contributed by atoms with Crippen LogP contribution in [0, 0.1) is 5.92 Å². The number of nitrogens with one attached hydrogen (secondary N) is 1. The first-order chi connectivity index (χ1) is 13.1. The molecule has 1 heterocycles. The van der Waals surface area contributed by atoms with E-state index in [0.717, 1.165) is 62.9 Å². The van der Waals surface area contributed by atoms with Gasteiger partial charge in [0.1, 0.15) is 10.7 Å². The van der Waals surface area contributed by atoms with Gasteiger partial charge in [0, 0.05) is 24.4 Å². The fourth-order valence-electron chi connectivity index (χ4n) is 2.95. The van der Waals surface area contributed by atoms with Crippen LogP contribution in [-0.2, 0) is 11.3 Å².